The van der Waals surface area contributed by atoms with Crippen LogP contribution in [-0.2, 0) is 19.2 Å². The van der Waals surface area contributed by atoms with Gasteiger partial charge < -0.3 is 15.5 Å². The van der Waals surface area contributed by atoms with Gasteiger partial charge in [-0.3, -0.25) is 24.1 Å². The first-order valence-electron chi connectivity index (χ1n) is 6.52. The second-order valence-corrected chi connectivity index (χ2v) is 4.54. The first kappa shape index (κ1) is 16.1. The van der Waals surface area contributed by atoms with Crippen molar-refractivity contribution in [3.63, 3.8) is 0 Å². The van der Waals surface area contributed by atoms with Gasteiger partial charge in [-0.25, -0.2) is 0 Å². The van der Waals surface area contributed by atoms with Crippen molar-refractivity contribution in [2.24, 2.45) is 5.73 Å². The Balaban J connectivity index is 2.55. The third kappa shape index (κ3) is 4.02. The van der Waals surface area contributed by atoms with Crippen molar-refractivity contribution in [2.45, 2.75) is 13.3 Å². The Morgan fingerprint density at radius 3 is 2.15 bits per heavy atom. The van der Waals surface area contributed by atoms with Gasteiger partial charge in [0.2, 0.25) is 12.3 Å². The number of nitrogens with zero attached hydrogens (tertiary/aromatic N) is 3. The molecule has 0 aromatic heterocycles. The summed E-state index contributed by atoms with van der Waals surface area (Å²) >= 11 is 0. The zero-order valence-corrected chi connectivity index (χ0v) is 11.6. The summed E-state index contributed by atoms with van der Waals surface area (Å²) in [4.78, 5) is 49.7. The van der Waals surface area contributed by atoms with Gasteiger partial charge in [-0.2, -0.15) is 0 Å². The van der Waals surface area contributed by atoms with Crippen molar-refractivity contribution >= 4 is 24.1 Å². The molecule has 8 nitrogen and oxygen atoms in total. The first-order chi connectivity index (χ1) is 9.51. The van der Waals surface area contributed by atoms with Crippen LogP contribution >= 0.6 is 0 Å². The average molecular weight is 284 g/mol. The fourth-order valence-electron chi connectivity index (χ4n) is 1.95. The molecule has 1 rings (SSSR count). The van der Waals surface area contributed by atoms with Gasteiger partial charge in [0.1, 0.15) is 0 Å². The molecule has 1 heterocycles. The molecule has 1 saturated heterocycles. The molecule has 0 radical (unpaired) electrons. The van der Waals surface area contributed by atoms with Crippen molar-refractivity contribution in [1.29, 1.82) is 0 Å². The third-order valence-corrected chi connectivity index (χ3v) is 3.19. The molecular formula is C12H20N4O4. The molecule has 0 aromatic carbocycles. The largest absolute Gasteiger partial charge is 0.339 e. The molecule has 4 amide bonds. The number of nitrogens with two attached hydrogens (primary N) is 1. The Labute approximate surface area is 117 Å². The quantitative estimate of drug-likeness (QED) is 0.475. The van der Waals surface area contributed by atoms with E-state index in [2.05, 4.69) is 0 Å². The predicted molar refractivity (Wildman–Crippen MR) is 70.3 cm³/mol. The van der Waals surface area contributed by atoms with Gasteiger partial charge in [-0.15, -0.1) is 0 Å². The summed E-state index contributed by atoms with van der Waals surface area (Å²) in [6.45, 7) is 3.34. The molecule has 112 valence electrons. The summed E-state index contributed by atoms with van der Waals surface area (Å²) in [5.41, 5.74) is 5.31. The number of carbonyl (C=O) groups is 4. The van der Waals surface area contributed by atoms with E-state index >= 15 is 0 Å². The van der Waals surface area contributed by atoms with Crippen LogP contribution in [0.25, 0.3) is 0 Å². The van der Waals surface area contributed by atoms with Crippen LogP contribution in [0, 0.1) is 0 Å². The second-order valence-electron chi connectivity index (χ2n) is 4.54. The fraction of sp³-hybridized carbons (Fsp3) is 0.667. The topological polar surface area (TPSA) is 104 Å². The van der Waals surface area contributed by atoms with E-state index in [1.807, 2.05) is 0 Å². The number of amides is 4. The Morgan fingerprint density at radius 1 is 1.15 bits per heavy atom. The van der Waals surface area contributed by atoms with Crippen LogP contribution in [-0.4, -0.2) is 78.1 Å². The van der Waals surface area contributed by atoms with E-state index in [4.69, 9.17) is 5.73 Å². The Kier molecular flexibility index (Phi) is 6.10. The van der Waals surface area contributed by atoms with Gasteiger partial charge in [0, 0.05) is 39.6 Å². The molecule has 1 fully saturated rings. The highest BCUT2D eigenvalue weighted by Gasteiger charge is 2.29. The molecule has 0 aliphatic carbocycles. The van der Waals surface area contributed by atoms with Crippen LogP contribution in [0.15, 0.2) is 0 Å². The van der Waals surface area contributed by atoms with E-state index < -0.39 is 11.8 Å². The zero-order chi connectivity index (χ0) is 15.1. The van der Waals surface area contributed by atoms with Crippen LogP contribution in [0.5, 0.6) is 0 Å². The summed E-state index contributed by atoms with van der Waals surface area (Å²) < 4.78 is 0. The summed E-state index contributed by atoms with van der Waals surface area (Å²) in [7, 11) is 0. The minimum absolute atomic E-state index is 0.0547. The molecule has 1 aliphatic rings. The van der Waals surface area contributed by atoms with Crippen LogP contribution in [0.1, 0.15) is 13.3 Å². The number of piperazine rings is 1. The van der Waals surface area contributed by atoms with Crippen molar-refractivity contribution in [1.82, 2.24) is 14.7 Å². The van der Waals surface area contributed by atoms with Gasteiger partial charge in [-0.05, 0) is 13.0 Å². The molecule has 1 aliphatic heterocycles. The fourth-order valence-corrected chi connectivity index (χ4v) is 1.95. The number of hydrogen-bond donors (Lipinski definition) is 1. The summed E-state index contributed by atoms with van der Waals surface area (Å²) in [6.07, 6.45) is 0.803. The van der Waals surface area contributed by atoms with E-state index in [1.54, 1.807) is 4.90 Å². The maximum Gasteiger partial charge on any atom is 0.318 e. The maximum atomic E-state index is 12.0. The lowest BCUT2D eigenvalue weighted by Gasteiger charge is -2.34. The van der Waals surface area contributed by atoms with Crippen LogP contribution < -0.4 is 5.73 Å². The summed E-state index contributed by atoms with van der Waals surface area (Å²) in [6, 6.07) is 0. The normalized spacial score (nSPS) is 14.9. The smallest absolute Gasteiger partial charge is 0.318 e. The zero-order valence-electron chi connectivity index (χ0n) is 11.6. The molecule has 20 heavy (non-hydrogen) atoms. The molecule has 0 saturated carbocycles. The number of hydrogen-bond acceptors (Lipinski definition) is 5. The molecule has 0 aromatic rings. The first-order valence-corrected chi connectivity index (χ1v) is 6.52. The third-order valence-electron chi connectivity index (χ3n) is 3.19. The van der Waals surface area contributed by atoms with Crippen LogP contribution in [0.2, 0.25) is 0 Å². The van der Waals surface area contributed by atoms with E-state index in [-0.39, 0.29) is 12.5 Å². The van der Waals surface area contributed by atoms with Gasteiger partial charge >= 0.3 is 11.8 Å². The second kappa shape index (κ2) is 7.59. The highest BCUT2D eigenvalue weighted by Crippen LogP contribution is 2.04. The number of rotatable bonds is 4. The lowest BCUT2D eigenvalue weighted by molar-refractivity contribution is -0.155. The van der Waals surface area contributed by atoms with Gasteiger partial charge in [0.25, 0.3) is 0 Å². The van der Waals surface area contributed by atoms with Crippen molar-refractivity contribution in [3.8, 4) is 0 Å². The highest BCUT2D eigenvalue weighted by molar-refractivity contribution is 6.36. The summed E-state index contributed by atoms with van der Waals surface area (Å²) in [5, 5.41) is 0. The van der Waals surface area contributed by atoms with Crippen molar-refractivity contribution in [2.75, 3.05) is 39.3 Å². The van der Waals surface area contributed by atoms with E-state index in [0.29, 0.717) is 45.6 Å². The Hall–Kier alpha value is -1.96. The van der Waals surface area contributed by atoms with E-state index in [1.165, 1.54) is 11.8 Å². The highest BCUT2D eigenvalue weighted by atomic mass is 16.2. The van der Waals surface area contributed by atoms with Crippen LogP contribution in [0.3, 0.4) is 0 Å². The molecule has 0 spiro atoms. The standard InChI is InChI=1S/C12H20N4O4/c1-10(18)14-5-7-15(8-6-14)11(19)12(20)16(9-17)4-2-3-13/h9H,2-8,13H2,1H3. The van der Waals surface area contributed by atoms with Gasteiger partial charge in [0.05, 0.1) is 0 Å². The monoisotopic (exact) mass is 284 g/mol. The maximum absolute atomic E-state index is 12.0. The molecule has 0 atom stereocenters. The number of imide groups is 1. The van der Waals surface area contributed by atoms with Crippen LogP contribution in [0.4, 0.5) is 0 Å². The van der Waals surface area contributed by atoms with Crippen molar-refractivity contribution in [3.05, 3.63) is 0 Å². The molecular weight excluding hydrogens is 264 g/mol. The van der Waals surface area contributed by atoms with E-state index in [9.17, 15) is 19.2 Å². The molecule has 0 bridgehead atoms. The summed E-state index contributed by atoms with van der Waals surface area (Å²) in [5.74, 6) is -1.61. The van der Waals surface area contributed by atoms with Gasteiger partial charge in [0.15, 0.2) is 0 Å². The minimum atomic E-state index is -0.843. The molecule has 0 unspecified atom stereocenters. The Morgan fingerprint density at radius 2 is 1.70 bits per heavy atom. The Bertz CT molecular complexity index is 391. The molecule has 8 heteroatoms. The number of carbonyl (C=O) groups excluding carboxylic acids is 4. The predicted octanol–water partition coefficient (Wildman–Crippen LogP) is -1.99. The minimum Gasteiger partial charge on any atom is -0.339 e. The van der Waals surface area contributed by atoms with E-state index in [0.717, 1.165) is 4.90 Å². The SMILES string of the molecule is CC(=O)N1CCN(C(=O)C(=O)N(C=O)CCCN)CC1. The molecule has 2 N–H and O–H groups in total. The average Bonchev–Trinajstić information content (AvgIpc) is 2.47. The van der Waals surface area contributed by atoms with Gasteiger partial charge in [-0.1, -0.05) is 0 Å². The lowest BCUT2D eigenvalue weighted by Crippen LogP contribution is -2.54. The lowest BCUT2D eigenvalue weighted by atomic mass is 10.3. The van der Waals surface area contributed by atoms with Crippen molar-refractivity contribution < 1.29 is 19.2 Å².